The van der Waals surface area contributed by atoms with Crippen molar-refractivity contribution in [1.82, 2.24) is 0 Å². The van der Waals surface area contributed by atoms with Crippen LogP contribution in [-0.4, -0.2) is 21.4 Å². The van der Waals surface area contributed by atoms with Crippen LogP contribution in [0.1, 0.15) is 6.92 Å². The normalized spacial score (nSPS) is 10.9. The van der Waals surface area contributed by atoms with Crippen molar-refractivity contribution in [3.05, 3.63) is 18.2 Å². The number of nitrogens with one attached hydrogen (secondary N) is 1. The Balaban J connectivity index is 3.27. The zero-order valence-electron chi connectivity index (χ0n) is 8.65. The molecule has 0 bridgehead atoms. The fourth-order valence-electron chi connectivity index (χ4n) is 1.15. The van der Waals surface area contributed by atoms with Gasteiger partial charge in [0.25, 0.3) is 0 Å². The number of anilines is 1. The standard InChI is InChI=1S/C9H10FNO4S/c1-6(12)11-7-3-4-8(15-2)9(5-7)16(10,13)14/h3-5H,1-2H3,(H,11,12). The molecule has 88 valence electrons. The minimum atomic E-state index is -4.88. The molecule has 1 aromatic carbocycles. The summed E-state index contributed by atoms with van der Waals surface area (Å²) < 4.78 is 39.1. The molecular weight excluding hydrogens is 237 g/mol. The van der Waals surface area contributed by atoms with E-state index in [2.05, 4.69) is 5.32 Å². The fraction of sp³-hybridized carbons (Fsp3) is 0.222. The van der Waals surface area contributed by atoms with E-state index in [0.717, 1.165) is 6.07 Å². The number of benzene rings is 1. The van der Waals surface area contributed by atoms with Crippen LogP contribution in [0, 0.1) is 0 Å². The van der Waals surface area contributed by atoms with Gasteiger partial charge in [0, 0.05) is 12.6 Å². The first-order valence-corrected chi connectivity index (χ1v) is 5.63. The lowest BCUT2D eigenvalue weighted by molar-refractivity contribution is -0.114. The van der Waals surface area contributed by atoms with Crippen molar-refractivity contribution in [1.29, 1.82) is 0 Å². The first kappa shape index (κ1) is 12.4. The van der Waals surface area contributed by atoms with Gasteiger partial charge in [0.15, 0.2) is 0 Å². The van der Waals surface area contributed by atoms with Gasteiger partial charge in [-0.1, -0.05) is 0 Å². The van der Waals surface area contributed by atoms with Gasteiger partial charge >= 0.3 is 10.2 Å². The second kappa shape index (κ2) is 4.48. The lowest BCUT2D eigenvalue weighted by Crippen LogP contribution is -2.07. The molecule has 1 amide bonds. The Labute approximate surface area is 92.4 Å². The largest absolute Gasteiger partial charge is 0.495 e. The third kappa shape index (κ3) is 2.93. The quantitative estimate of drug-likeness (QED) is 0.817. The summed E-state index contributed by atoms with van der Waals surface area (Å²) in [5.41, 5.74) is 0.185. The van der Waals surface area contributed by atoms with Crippen LogP contribution in [-0.2, 0) is 15.0 Å². The average Bonchev–Trinajstić information content (AvgIpc) is 2.15. The topological polar surface area (TPSA) is 72.5 Å². The van der Waals surface area contributed by atoms with E-state index in [9.17, 15) is 17.1 Å². The number of rotatable bonds is 3. The Morgan fingerprint density at radius 2 is 2.06 bits per heavy atom. The van der Waals surface area contributed by atoms with Gasteiger partial charge in [0.1, 0.15) is 10.6 Å². The first-order chi connectivity index (χ1) is 7.34. The van der Waals surface area contributed by atoms with Gasteiger partial charge in [-0.15, -0.1) is 3.89 Å². The number of halogens is 1. The highest BCUT2D eigenvalue weighted by Gasteiger charge is 2.19. The summed E-state index contributed by atoms with van der Waals surface area (Å²) in [6.07, 6.45) is 0. The molecule has 0 radical (unpaired) electrons. The maximum atomic E-state index is 12.9. The second-order valence-electron chi connectivity index (χ2n) is 2.98. The van der Waals surface area contributed by atoms with E-state index in [1.807, 2.05) is 0 Å². The molecule has 0 unspecified atom stereocenters. The van der Waals surface area contributed by atoms with E-state index in [0.29, 0.717) is 0 Å². The monoisotopic (exact) mass is 247 g/mol. The highest BCUT2D eigenvalue weighted by Crippen LogP contribution is 2.28. The van der Waals surface area contributed by atoms with E-state index in [4.69, 9.17) is 4.74 Å². The summed E-state index contributed by atoms with van der Waals surface area (Å²) in [7, 11) is -3.66. The van der Waals surface area contributed by atoms with Gasteiger partial charge in [0.05, 0.1) is 7.11 Å². The third-order valence-corrected chi connectivity index (χ3v) is 2.59. The van der Waals surface area contributed by atoms with E-state index in [-0.39, 0.29) is 17.3 Å². The highest BCUT2D eigenvalue weighted by atomic mass is 32.3. The molecule has 7 heteroatoms. The molecule has 0 aliphatic carbocycles. The van der Waals surface area contributed by atoms with E-state index in [1.165, 1.54) is 26.2 Å². The minimum Gasteiger partial charge on any atom is -0.495 e. The maximum Gasteiger partial charge on any atom is 0.335 e. The van der Waals surface area contributed by atoms with Crippen molar-refractivity contribution in [2.24, 2.45) is 0 Å². The first-order valence-electron chi connectivity index (χ1n) is 4.25. The number of methoxy groups -OCH3 is 1. The van der Waals surface area contributed by atoms with E-state index >= 15 is 0 Å². The third-order valence-electron chi connectivity index (χ3n) is 1.75. The second-order valence-corrected chi connectivity index (χ2v) is 4.30. The van der Waals surface area contributed by atoms with Crippen LogP contribution in [0.25, 0.3) is 0 Å². The van der Waals surface area contributed by atoms with Crippen LogP contribution in [0.15, 0.2) is 23.1 Å². The predicted octanol–water partition coefficient (Wildman–Crippen LogP) is 1.31. The number of hydrogen-bond acceptors (Lipinski definition) is 4. The number of carbonyl (C=O) groups excluding carboxylic acids is 1. The molecule has 0 heterocycles. The minimum absolute atomic E-state index is 0.114. The van der Waals surface area contributed by atoms with Crippen molar-refractivity contribution in [3.8, 4) is 5.75 Å². The Kier molecular flexibility index (Phi) is 3.48. The van der Waals surface area contributed by atoms with Crippen LogP contribution in [0.3, 0.4) is 0 Å². The van der Waals surface area contributed by atoms with E-state index in [1.54, 1.807) is 0 Å². The number of carbonyl (C=O) groups is 1. The van der Waals surface area contributed by atoms with E-state index < -0.39 is 15.1 Å². The number of ether oxygens (including phenoxy) is 1. The van der Waals surface area contributed by atoms with Gasteiger partial charge in [-0.25, -0.2) is 0 Å². The summed E-state index contributed by atoms with van der Waals surface area (Å²) in [5.74, 6) is -0.496. The lowest BCUT2D eigenvalue weighted by atomic mass is 10.3. The van der Waals surface area contributed by atoms with Gasteiger partial charge in [-0.3, -0.25) is 4.79 Å². The molecule has 0 atom stereocenters. The van der Waals surface area contributed by atoms with Crippen LogP contribution < -0.4 is 10.1 Å². The Bertz CT molecular complexity index is 512. The van der Waals surface area contributed by atoms with Crippen LogP contribution in [0.5, 0.6) is 5.75 Å². The molecule has 1 N–H and O–H groups in total. The highest BCUT2D eigenvalue weighted by molar-refractivity contribution is 7.86. The molecule has 1 aromatic rings. The smallest absolute Gasteiger partial charge is 0.335 e. The number of hydrogen-bond donors (Lipinski definition) is 1. The molecule has 16 heavy (non-hydrogen) atoms. The van der Waals surface area contributed by atoms with Crippen molar-refractivity contribution < 1.29 is 21.8 Å². The SMILES string of the molecule is COc1ccc(NC(C)=O)cc1S(=O)(=O)F. The predicted molar refractivity (Wildman–Crippen MR) is 55.6 cm³/mol. The molecule has 1 rings (SSSR count). The van der Waals surface area contributed by atoms with Gasteiger partial charge in [0.2, 0.25) is 5.91 Å². The fourth-order valence-corrected chi connectivity index (χ4v) is 1.81. The molecular formula is C9H10FNO4S. The Morgan fingerprint density at radius 1 is 1.44 bits per heavy atom. The zero-order valence-corrected chi connectivity index (χ0v) is 9.47. The summed E-state index contributed by atoms with van der Waals surface area (Å²) in [6.45, 7) is 1.26. The molecule has 0 saturated heterocycles. The maximum absolute atomic E-state index is 12.9. The molecule has 0 saturated carbocycles. The molecule has 0 aliphatic heterocycles. The number of amides is 1. The average molecular weight is 247 g/mol. The van der Waals surface area contributed by atoms with Crippen molar-refractivity contribution in [2.75, 3.05) is 12.4 Å². The summed E-state index contributed by atoms with van der Waals surface area (Å²) in [6, 6.07) is 3.67. The van der Waals surface area contributed by atoms with Crippen molar-refractivity contribution in [2.45, 2.75) is 11.8 Å². The molecule has 0 aliphatic rings. The lowest BCUT2D eigenvalue weighted by Gasteiger charge is -2.07. The summed E-state index contributed by atoms with van der Waals surface area (Å²) >= 11 is 0. The van der Waals surface area contributed by atoms with Crippen LogP contribution >= 0.6 is 0 Å². The van der Waals surface area contributed by atoms with Crippen LogP contribution in [0.2, 0.25) is 0 Å². The molecule has 0 aromatic heterocycles. The van der Waals surface area contributed by atoms with Gasteiger partial charge in [-0.2, -0.15) is 8.42 Å². The van der Waals surface area contributed by atoms with Gasteiger partial charge in [-0.05, 0) is 18.2 Å². The molecule has 0 fully saturated rings. The van der Waals surface area contributed by atoms with Gasteiger partial charge < -0.3 is 10.1 Å². The zero-order chi connectivity index (χ0) is 12.3. The van der Waals surface area contributed by atoms with Crippen molar-refractivity contribution >= 4 is 21.8 Å². The molecule has 5 nitrogen and oxygen atoms in total. The van der Waals surface area contributed by atoms with Crippen LogP contribution in [0.4, 0.5) is 9.57 Å². The summed E-state index contributed by atoms with van der Waals surface area (Å²) in [5, 5.41) is 2.34. The summed E-state index contributed by atoms with van der Waals surface area (Å²) in [4.78, 5) is 10.1. The Hall–Kier alpha value is -1.63. The molecule has 0 spiro atoms. The van der Waals surface area contributed by atoms with Crippen molar-refractivity contribution in [3.63, 3.8) is 0 Å². The Morgan fingerprint density at radius 3 is 2.50 bits per heavy atom.